The number of aryl methyl sites for hydroxylation is 2. The molecule has 0 fully saturated rings. The zero-order valence-corrected chi connectivity index (χ0v) is 18.7. The fourth-order valence-corrected chi connectivity index (χ4v) is 4.05. The van der Waals surface area contributed by atoms with Gasteiger partial charge in [0.1, 0.15) is 0 Å². The number of fused-ring (bicyclic) bond motifs is 1. The molecule has 0 atom stereocenters. The number of hydrogen-bond acceptors (Lipinski definition) is 2. The number of ether oxygens (including phenoxy) is 1. The molecule has 0 saturated heterocycles. The second kappa shape index (κ2) is 7.67. The molecule has 3 rings (SSSR count). The number of hydrogen-bond donors (Lipinski definition) is 0. The minimum atomic E-state index is -0.310. The van der Waals surface area contributed by atoms with Crippen LogP contribution in [0.3, 0.4) is 0 Å². The molecule has 2 nitrogen and oxygen atoms in total. The molecular weight excluding hydrogens is 356 g/mol. The van der Waals surface area contributed by atoms with E-state index in [0.717, 1.165) is 5.56 Å². The van der Waals surface area contributed by atoms with Gasteiger partial charge in [0.05, 0.1) is 6.61 Å². The third kappa shape index (κ3) is 4.22. The number of allylic oxidation sites excluding steroid dienone is 2. The highest BCUT2D eigenvalue weighted by molar-refractivity contribution is 5.87. The van der Waals surface area contributed by atoms with Gasteiger partial charge in [0.25, 0.3) is 0 Å². The maximum absolute atomic E-state index is 11.7. The molecule has 0 unspecified atom stereocenters. The van der Waals surface area contributed by atoms with Crippen molar-refractivity contribution in [2.75, 3.05) is 6.61 Å². The summed E-state index contributed by atoms with van der Waals surface area (Å²) in [5.41, 5.74) is 8.79. The van der Waals surface area contributed by atoms with Crippen molar-refractivity contribution in [3.05, 3.63) is 76.4 Å². The van der Waals surface area contributed by atoms with Crippen LogP contribution in [-0.2, 0) is 20.4 Å². The lowest BCUT2D eigenvalue weighted by atomic mass is 9.67. The Morgan fingerprint density at radius 2 is 1.48 bits per heavy atom. The maximum Gasteiger partial charge on any atom is 0.330 e. The van der Waals surface area contributed by atoms with E-state index >= 15 is 0 Å². The zero-order chi connectivity index (χ0) is 21.4. The van der Waals surface area contributed by atoms with Crippen molar-refractivity contribution in [2.45, 2.75) is 59.3 Å². The molecule has 0 spiro atoms. The normalized spacial score (nSPS) is 16.7. The van der Waals surface area contributed by atoms with E-state index in [1.807, 2.05) is 19.1 Å². The topological polar surface area (TPSA) is 26.3 Å². The summed E-state index contributed by atoms with van der Waals surface area (Å²) in [4.78, 5) is 11.7. The minimum absolute atomic E-state index is 0.00261. The maximum atomic E-state index is 11.7. The van der Waals surface area contributed by atoms with Gasteiger partial charge in [-0.2, -0.15) is 0 Å². The van der Waals surface area contributed by atoms with Crippen molar-refractivity contribution < 1.29 is 9.53 Å². The number of rotatable bonds is 4. The first-order chi connectivity index (χ1) is 13.5. The first kappa shape index (κ1) is 21.1. The first-order valence-electron chi connectivity index (χ1n) is 10.4. The van der Waals surface area contributed by atoms with Gasteiger partial charge in [-0.3, -0.25) is 0 Å². The fraction of sp³-hybridized carbons (Fsp3) is 0.370. The van der Waals surface area contributed by atoms with Gasteiger partial charge in [-0.1, -0.05) is 58.0 Å². The van der Waals surface area contributed by atoms with Crippen LogP contribution >= 0.6 is 0 Å². The number of carbonyl (C=O) groups excluding carboxylic acids is 1. The Hall–Kier alpha value is -2.61. The van der Waals surface area contributed by atoms with Crippen LogP contribution in [0.1, 0.15) is 62.4 Å². The predicted octanol–water partition coefficient (Wildman–Crippen LogP) is 6.67. The van der Waals surface area contributed by atoms with Gasteiger partial charge >= 0.3 is 5.97 Å². The van der Waals surface area contributed by atoms with Crippen molar-refractivity contribution >= 4 is 12.0 Å². The number of esters is 1. The van der Waals surface area contributed by atoms with Gasteiger partial charge in [-0.15, -0.1) is 0 Å². The zero-order valence-electron chi connectivity index (χ0n) is 18.7. The van der Waals surface area contributed by atoms with Crippen LogP contribution in [0.4, 0.5) is 0 Å². The van der Waals surface area contributed by atoms with Crippen LogP contribution in [0, 0.1) is 13.8 Å². The van der Waals surface area contributed by atoms with E-state index in [1.54, 1.807) is 0 Å². The molecule has 0 radical (unpaired) electrons. The Balaban J connectivity index is 2.11. The quantitative estimate of drug-likeness (QED) is 0.332. The molecule has 0 amide bonds. The second-order valence-corrected chi connectivity index (χ2v) is 9.15. The van der Waals surface area contributed by atoms with Crippen LogP contribution in [0.15, 0.2) is 48.6 Å². The van der Waals surface area contributed by atoms with Crippen molar-refractivity contribution in [2.24, 2.45) is 0 Å². The summed E-state index contributed by atoms with van der Waals surface area (Å²) in [5.74, 6) is -0.310. The van der Waals surface area contributed by atoms with Gasteiger partial charge in [-0.05, 0) is 77.9 Å². The van der Waals surface area contributed by atoms with Gasteiger partial charge in [0.2, 0.25) is 0 Å². The van der Waals surface area contributed by atoms with E-state index in [-0.39, 0.29) is 16.8 Å². The standard InChI is InChI=1S/C27H32O2/c1-8-29-25(28)12-11-20-10-9-18(2)21(16-20)22-17-24-23(15-19(22)3)26(4,5)13-14-27(24,6)7/h9-17H,8H2,1-7H3/b12-11+. The van der Waals surface area contributed by atoms with E-state index in [4.69, 9.17) is 4.74 Å². The highest BCUT2D eigenvalue weighted by Crippen LogP contribution is 2.44. The molecule has 0 bridgehead atoms. The van der Waals surface area contributed by atoms with Crippen LogP contribution < -0.4 is 0 Å². The molecular formula is C27H32O2. The molecule has 1 aliphatic rings. The Morgan fingerprint density at radius 1 is 0.897 bits per heavy atom. The third-order valence-electron chi connectivity index (χ3n) is 5.92. The lowest BCUT2D eigenvalue weighted by Crippen LogP contribution is -2.29. The van der Waals surface area contributed by atoms with E-state index < -0.39 is 0 Å². The molecule has 0 saturated carbocycles. The highest BCUT2D eigenvalue weighted by Gasteiger charge is 2.33. The van der Waals surface area contributed by atoms with E-state index in [2.05, 4.69) is 78.0 Å². The van der Waals surface area contributed by atoms with Gasteiger partial charge < -0.3 is 4.74 Å². The van der Waals surface area contributed by atoms with Crippen molar-refractivity contribution in [3.63, 3.8) is 0 Å². The van der Waals surface area contributed by atoms with Crippen LogP contribution in [0.25, 0.3) is 17.2 Å². The molecule has 0 aromatic heterocycles. The molecule has 0 heterocycles. The highest BCUT2D eigenvalue weighted by atomic mass is 16.5. The Bertz CT molecular complexity index is 1000. The molecule has 152 valence electrons. The van der Waals surface area contributed by atoms with Crippen molar-refractivity contribution in [1.82, 2.24) is 0 Å². The smallest absolute Gasteiger partial charge is 0.330 e. The van der Waals surface area contributed by atoms with Crippen LogP contribution in [0.2, 0.25) is 0 Å². The summed E-state index contributed by atoms with van der Waals surface area (Å²) in [5, 5.41) is 0. The van der Waals surface area contributed by atoms with Gasteiger partial charge in [0, 0.05) is 16.9 Å². The van der Waals surface area contributed by atoms with E-state index in [0.29, 0.717) is 6.61 Å². The molecule has 2 heteroatoms. The van der Waals surface area contributed by atoms with Gasteiger partial charge in [0.15, 0.2) is 0 Å². The summed E-state index contributed by atoms with van der Waals surface area (Å²) in [6.45, 7) is 15.7. The molecule has 1 aliphatic carbocycles. The monoisotopic (exact) mass is 388 g/mol. The molecule has 0 N–H and O–H groups in total. The largest absolute Gasteiger partial charge is 0.463 e. The SMILES string of the molecule is CCOC(=O)/C=C/c1ccc(C)c(-c2cc3c(cc2C)C(C)(C)C=CC3(C)C)c1. The molecule has 2 aromatic carbocycles. The van der Waals surface area contributed by atoms with Crippen LogP contribution in [-0.4, -0.2) is 12.6 Å². The summed E-state index contributed by atoms with van der Waals surface area (Å²) in [6.07, 6.45) is 7.98. The summed E-state index contributed by atoms with van der Waals surface area (Å²) in [7, 11) is 0. The molecule has 0 aliphatic heterocycles. The Labute approximate surface area is 175 Å². The van der Waals surface area contributed by atoms with Crippen LogP contribution in [0.5, 0.6) is 0 Å². The molecule has 2 aromatic rings. The van der Waals surface area contributed by atoms with Gasteiger partial charge in [-0.25, -0.2) is 4.79 Å². The minimum Gasteiger partial charge on any atom is -0.463 e. The van der Waals surface area contributed by atoms with Crippen molar-refractivity contribution in [1.29, 1.82) is 0 Å². The van der Waals surface area contributed by atoms with E-state index in [9.17, 15) is 4.79 Å². The summed E-state index contributed by atoms with van der Waals surface area (Å²) in [6, 6.07) is 11.1. The molecule has 29 heavy (non-hydrogen) atoms. The lowest BCUT2D eigenvalue weighted by molar-refractivity contribution is -0.137. The predicted molar refractivity (Wildman–Crippen MR) is 122 cm³/mol. The van der Waals surface area contributed by atoms with E-state index in [1.165, 1.54) is 39.5 Å². The third-order valence-corrected chi connectivity index (χ3v) is 5.92. The Kier molecular flexibility index (Phi) is 5.58. The average molecular weight is 389 g/mol. The second-order valence-electron chi connectivity index (χ2n) is 9.15. The van der Waals surface area contributed by atoms with Crippen molar-refractivity contribution in [3.8, 4) is 11.1 Å². The summed E-state index contributed by atoms with van der Waals surface area (Å²) >= 11 is 0. The number of carbonyl (C=O) groups is 1. The number of benzene rings is 2. The summed E-state index contributed by atoms with van der Waals surface area (Å²) < 4.78 is 4.99. The average Bonchev–Trinajstić information content (AvgIpc) is 2.65. The fourth-order valence-electron chi connectivity index (χ4n) is 4.05. The lowest BCUT2D eigenvalue weighted by Gasteiger charge is -2.37. The first-order valence-corrected chi connectivity index (χ1v) is 10.4. The Morgan fingerprint density at radius 3 is 2.10 bits per heavy atom.